The maximum atomic E-state index is 6.33. The van der Waals surface area contributed by atoms with Gasteiger partial charge in [-0.2, -0.15) is 0 Å². The maximum Gasteiger partial charge on any atom is 0.191 e. The van der Waals surface area contributed by atoms with Crippen molar-refractivity contribution >= 4 is 8.32 Å². The van der Waals surface area contributed by atoms with Crippen LogP contribution < -0.4 is 0 Å². The second-order valence-electron chi connectivity index (χ2n) is 9.65. The van der Waals surface area contributed by atoms with E-state index in [1.54, 1.807) is 0 Å². The van der Waals surface area contributed by atoms with Crippen LogP contribution in [0.15, 0.2) is 0 Å². The summed E-state index contributed by atoms with van der Waals surface area (Å²) >= 11 is 0. The van der Waals surface area contributed by atoms with E-state index in [-0.39, 0.29) is 6.29 Å². The molecule has 1 saturated heterocycles. The molecular weight excluding hydrogens is 316 g/mol. The van der Waals surface area contributed by atoms with Crippen LogP contribution >= 0.6 is 0 Å². The highest BCUT2D eigenvalue weighted by Crippen LogP contribution is 2.37. The van der Waals surface area contributed by atoms with Gasteiger partial charge in [-0.3, -0.25) is 0 Å². The Labute approximate surface area is 152 Å². The highest BCUT2D eigenvalue weighted by atomic mass is 28.4. The first-order chi connectivity index (χ1) is 11.0. The minimum absolute atomic E-state index is 0.0600. The van der Waals surface area contributed by atoms with Crippen molar-refractivity contribution in [3.63, 3.8) is 0 Å². The van der Waals surface area contributed by atoms with Crippen molar-refractivity contribution in [1.29, 1.82) is 0 Å². The van der Waals surface area contributed by atoms with Crippen LogP contribution in [0.25, 0.3) is 0 Å². The number of hydrogen-bond acceptors (Lipinski definition) is 3. The summed E-state index contributed by atoms with van der Waals surface area (Å²) in [6.45, 7) is 18.9. The van der Waals surface area contributed by atoms with E-state index in [4.69, 9.17) is 13.9 Å². The topological polar surface area (TPSA) is 27.7 Å². The summed E-state index contributed by atoms with van der Waals surface area (Å²) in [6, 6.07) is 0. The van der Waals surface area contributed by atoms with Crippen LogP contribution in [-0.2, 0) is 13.9 Å². The lowest BCUT2D eigenvalue weighted by molar-refractivity contribution is -0.162. The Morgan fingerprint density at radius 2 is 1.67 bits per heavy atom. The average molecular weight is 359 g/mol. The van der Waals surface area contributed by atoms with Crippen molar-refractivity contribution in [1.82, 2.24) is 0 Å². The molecule has 0 N–H and O–H groups in total. The van der Waals surface area contributed by atoms with Crippen LogP contribution in [0.3, 0.4) is 0 Å². The molecule has 1 heterocycles. The zero-order valence-electron chi connectivity index (χ0n) is 17.4. The van der Waals surface area contributed by atoms with Crippen molar-refractivity contribution in [3.8, 4) is 0 Å². The van der Waals surface area contributed by atoms with Crippen LogP contribution in [0.1, 0.15) is 79.6 Å². The zero-order valence-corrected chi connectivity index (χ0v) is 18.4. The summed E-state index contributed by atoms with van der Waals surface area (Å²) < 4.78 is 17.8. The lowest BCUT2D eigenvalue weighted by atomic mass is 9.84. The van der Waals surface area contributed by atoms with Gasteiger partial charge in [-0.25, -0.2) is 0 Å². The molecule has 0 amide bonds. The summed E-state index contributed by atoms with van der Waals surface area (Å²) in [7, 11) is -1.60. The Bertz CT molecular complexity index is 341. The van der Waals surface area contributed by atoms with Crippen molar-refractivity contribution < 1.29 is 13.9 Å². The first kappa shape index (κ1) is 22.1. The Morgan fingerprint density at radius 1 is 0.958 bits per heavy atom. The van der Waals surface area contributed by atoms with Gasteiger partial charge in [0, 0.05) is 19.8 Å². The van der Waals surface area contributed by atoms with E-state index < -0.39 is 8.32 Å². The molecule has 24 heavy (non-hydrogen) atoms. The molecule has 0 aromatic heterocycles. The fraction of sp³-hybridized carbons (Fsp3) is 1.00. The molecule has 0 saturated carbocycles. The van der Waals surface area contributed by atoms with Crippen LogP contribution in [0.4, 0.5) is 0 Å². The molecule has 0 bridgehead atoms. The predicted octanol–water partition coefficient (Wildman–Crippen LogP) is 6.14. The standard InChI is InChI=1S/C20H42O3Si/c1-19(2,3)24(6,7)23-17-14-20(4,5)13-9-11-16-22-18-12-8-10-15-21-18/h18H,8-17H2,1-7H3. The third-order valence-electron chi connectivity index (χ3n) is 5.74. The van der Waals surface area contributed by atoms with Gasteiger partial charge in [0.15, 0.2) is 14.6 Å². The van der Waals surface area contributed by atoms with Gasteiger partial charge in [-0.15, -0.1) is 0 Å². The first-order valence-electron chi connectivity index (χ1n) is 9.91. The highest BCUT2D eigenvalue weighted by Gasteiger charge is 2.37. The average Bonchev–Trinajstić information content (AvgIpc) is 2.46. The van der Waals surface area contributed by atoms with Crippen LogP contribution in [0.5, 0.6) is 0 Å². The monoisotopic (exact) mass is 358 g/mol. The molecule has 0 spiro atoms. The van der Waals surface area contributed by atoms with Crippen LogP contribution in [0.2, 0.25) is 18.1 Å². The lowest BCUT2D eigenvalue weighted by Crippen LogP contribution is -2.41. The van der Waals surface area contributed by atoms with Gasteiger partial charge in [-0.1, -0.05) is 41.0 Å². The van der Waals surface area contributed by atoms with Crippen molar-refractivity contribution in [2.75, 3.05) is 19.8 Å². The maximum absolute atomic E-state index is 6.33. The second kappa shape index (κ2) is 9.70. The number of unbranched alkanes of at least 4 members (excludes halogenated alkanes) is 1. The molecule has 0 aliphatic carbocycles. The predicted molar refractivity (Wildman–Crippen MR) is 105 cm³/mol. The second-order valence-corrected chi connectivity index (χ2v) is 14.5. The van der Waals surface area contributed by atoms with Gasteiger partial charge in [-0.05, 0) is 62.1 Å². The Balaban J connectivity index is 2.12. The summed E-state index contributed by atoms with van der Waals surface area (Å²) in [6.07, 6.45) is 8.29. The van der Waals surface area contributed by atoms with E-state index >= 15 is 0 Å². The van der Waals surface area contributed by atoms with E-state index in [9.17, 15) is 0 Å². The van der Waals surface area contributed by atoms with Crippen molar-refractivity contribution in [2.45, 2.75) is 104 Å². The Kier molecular flexibility index (Phi) is 8.95. The summed E-state index contributed by atoms with van der Waals surface area (Å²) in [5, 5.41) is 0.301. The van der Waals surface area contributed by atoms with Gasteiger partial charge in [0.2, 0.25) is 0 Å². The van der Waals surface area contributed by atoms with E-state index in [1.807, 2.05) is 0 Å². The molecule has 0 aromatic carbocycles. The molecule has 1 rings (SSSR count). The van der Waals surface area contributed by atoms with Crippen molar-refractivity contribution in [2.24, 2.45) is 5.41 Å². The number of ether oxygens (including phenoxy) is 2. The molecule has 0 radical (unpaired) electrons. The molecule has 4 heteroatoms. The van der Waals surface area contributed by atoms with E-state index in [2.05, 4.69) is 47.7 Å². The van der Waals surface area contributed by atoms with Crippen LogP contribution in [-0.4, -0.2) is 34.4 Å². The summed E-state index contributed by atoms with van der Waals surface area (Å²) in [5.74, 6) is 0. The molecule has 1 atom stereocenters. The summed E-state index contributed by atoms with van der Waals surface area (Å²) in [5.41, 5.74) is 0.351. The molecule has 1 unspecified atom stereocenters. The van der Waals surface area contributed by atoms with Gasteiger partial charge >= 0.3 is 0 Å². The Hall–Kier alpha value is 0.0969. The number of rotatable bonds is 10. The zero-order chi connectivity index (χ0) is 18.3. The van der Waals surface area contributed by atoms with E-state index in [0.29, 0.717) is 10.5 Å². The molecule has 0 aromatic rings. The van der Waals surface area contributed by atoms with Gasteiger partial charge in [0.1, 0.15) is 0 Å². The molecule has 1 aliphatic heterocycles. The SMILES string of the molecule is CC(C)(CCCCOC1CCCCO1)CCO[Si](C)(C)C(C)(C)C. The largest absolute Gasteiger partial charge is 0.417 e. The van der Waals surface area contributed by atoms with Crippen molar-refractivity contribution in [3.05, 3.63) is 0 Å². The van der Waals surface area contributed by atoms with E-state index in [1.165, 1.54) is 25.7 Å². The minimum Gasteiger partial charge on any atom is -0.417 e. The van der Waals surface area contributed by atoms with E-state index in [0.717, 1.165) is 39.1 Å². The third kappa shape index (κ3) is 8.46. The molecule has 3 nitrogen and oxygen atoms in total. The fourth-order valence-corrected chi connectivity index (χ4v) is 3.73. The van der Waals surface area contributed by atoms with Gasteiger partial charge < -0.3 is 13.9 Å². The Morgan fingerprint density at radius 3 is 2.25 bits per heavy atom. The normalized spacial score (nSPS) is 20.4. The smallest absolute Gasteiger partial charge is 0.191 e. The molecular formula is C20H42O3Si. The molecule has 1 fully saturated rings. The van der Waals surface area contributed by atoms with Crippen LogP contribution in [0, 0.1) is 5.41 Å². The summed E-state index contributed by atoms with van der Waals surface area (Å²) in [4.78, 5) is 0. The number of hydrogen-bond donors (Lipinski definition) is 0. The van der Waals surface area contributed by atoms with Gasteiger partial charge in [0.25, 0.3) is 0 Å². The first-order valence-corrected chi connectivity index (χ1v) is 12.8. The van der Waals surface area contributed by atoms with Gasteiger partial charge in [0.05, 0.1) is 0 Å². The highest BCUT2D eigenvalue weighted by molar-refractivity contribution is 6.74. The minimum atomic E-state index is -1.60. The fourth-order valence-electron chi connectivity index (χ4n) is 2.69. The quantitative estimate of drug-likeness (QED) is 0.347. The third-order valence-corrected chi connectivity index (χ3v) is 10.3. The molecule has 144 valence electrons. The lowest BCUT2D eigenvalue weighted by Gasteiger charge is -2.37. The molecule has 1 aliphatic rings.